The number of carbonyl (C=O) groups excluding carboxylic acids is 1. The Labute approximate surface area is 146 Å². The van der Waals surface area contributed by atoms with Gasteiger partial charge in [0, 0.05) is 29.3 Å². The second-order valence-corrected chi connectivity index (χ2v) is 5.18. The summed E-state index contributed by atoms with van der Waals surface area (Å²) in [5, 5.41) is 0.712. The van der Waals surface area contributed by atoms with Gasteiger partial charge in [0.15, 0.2) is 18.6 Å². The molecule has 2 heterocycles. The van der Waals surface area contributed by atoms with Crippen molar-refractivity contribution in [3.8, 4) is 11.6 Å². The van der Waals surface area contributed by atoms with Crippen LogP contribution < -0.4 is 10.5 Å². The van der Waals surface area contributed by atoms with Gasteiger partial charge in [0.1, 0.15) is 17.6 Å². The molecule has 3 rings (SSSR count). The van der Waals surface area contributed by atoms with Crippen LogP contribution in [-0.4, -0.2) is 17.0 Å². The minimum Gasteiger partial charge on any atom is -0.463 e. The monoisotopic (exact) mass is 357 g/mol. The summed E-state index contributed by atoms with van der Waals surface area (Å²) in [7, 11) is 0. The minimum atomic E-state index is -0.157. The maximum absolute atomic E-state index is 12.4. The molecule has 0 saturated heterocycles. The van der Waals surface area contributed by atoms with Crippen LogP contribution >= 0.6 is 12.3 Å². The first kappa shape index (κ1) is 16.7. The van der Waals surface area contributed by atoms with Crippen LogP contribution in [0.5, 0.6) is 11.6 Å². The van der Waals surface area contributed by atoms with E-state index in [1.54, 1.807) is 30.3 Å². The summed E-state index contributed by atoms with van der Waals surface area (Å²) >= 11 is -0.157. The number of halogens is 1. The SMILES string of the molecule is N/C=C\C(=N\SF)c1ccc(Oc2ccc3c(C=O)coc3c2)nc1. The quantitative estimate of drug-likeness (QED) is 0.403. The van der Waals surface area contributed by atoms with Crippen molar-refractivity contribution in [2.24, 2.45) is 10.1 Å². The predicted molar refractivity (Wildman–Crippen MR) is 94.5 cm³/mol. The number of pyridine rings is 1. The molecule has 0 aliphatic carbocycles. The fourth-order valence-electron chi connectivity index (χ4n) is 2.20. The van der Waals surface area contributed by atoms with Crippen molar-refractivity contribution in [3.05, 3.63) is 66.2 Å². The number of fused-ring (bicyclic) bond motifs is 1. The first-order valence-corrected chi connectivity index (χ1v) is 7.77. The smallest absolute Gasteiger partial charge is 0.219 e. The van der Waals surface area contributed by atoms with Crippen LogP contribution in [0.3, 0.4) is 0 Å². The van der Waals surface area contributed by atoms with Crippen molar-refractivity contribution in [2.45, 2.75) is 0 Å². The Morgan fingerprint density at radius 3 is 2.92 bits per heavy atom. The summed E-state index contributed by atoms with van der Waals surface area (Å²) in [4.78, 5) is 15.1. The maximum atomic E-state index is 12.4. The van der Waals surface area contributed by atoms with Crippen molar-refractivity contribution in [3.63, 3.8) is 0 Å². The van der Waals surface area contributed by atoms with E-state index in [4.69, 9.17) is 14.9 Å². The number of ether oxygens (including phenoxy) is 1. The number of nitrogens with zero attached hydrogens (tertiary/aromatic N) is 2. The molecule has 6 nitrogen and oxygen atoms in total. The molecule has 126 valence electrons. The third-order valence-electron chi connectivity index (χ3n) is 3.35. The van der Waals surface area contributed by atoms with Gasteiger partial charge in [0.05, 0.1) is 11.3 Å². The van der Waals surface area contributed by atoms with E-state index in [-0.39, 0.29) is 12.3 Å². The highest BCUT2D eigenvalue weighted by Crippen LogP contribution is 2.27. The second kappa shape index (κ2) is 7.63. The molecule has 0 unspecified atom stereocenters. The van der Waals surface area contributed by atoms with Gasteiger partial charge in [0.2, 0.25) is 5.88 Å². The Morgan fingerprint density at radius 2 is 2.24 bits per heavy atom. The topological polar surface area (TPSA) is 90.7 Å². The third kappa shape index (κ3) is 3.69. The molecule has 1 aromatic carbocycles. The molecule has 25 heavy (non-hydrogen) atoms. The van der Waals surface area contributed by atoms with Crippen LogP contribution in [0, 0.1) is 0 Å². The van der Waals surface area contributed by atoms with Crippen LogP contribution in [0.2, 0.25) is 0 Å². The molecule has 2 aromatic heterocycles. The molecule has 0 aliphatic rings. The van der Waals surface area contributed by atoms with E-state index in [0.717, 1.165) is 6.29 Å². The molecule has 3 aromatic rings. The highest BCUT2D eigenvalue weighted by atomic mass is 32.2. The molecule has 0 spiro atoms. The number of benzene rings is 1. The molecule has 0 amide bonds. The number of hydrogen-bond acceptors (Lipinski definition) is 7. The molecule has 0 fully saturated rings. The first-order valence-electron chi connectivity index (χ1n) is 7.10. The molecule has 8 heteroatoms. The lowest BCUT2D eigenvalue weighted by Crippen LogP contribution is -1.98. The Hall–Kier alpha value is -3.13. The Kier molecular flexibility index (Phi) is 5.10. The van der Waals surface area contributed by atoms with E-state index in [2.05, 4.69) is 9.38 Å². The minimum absolute atomic E-state index is 0.157. The van der Waals surface area contributed by atoms with E-state index < -0.39 is 0 Å². The average Bonchev–Trinajstić information content (AvgIpc) is 3.04. The van der Waals surface area contributed by atoms with E-state index in [1.165, 1.54) is 24.7 Å². The summed E-state index contributed by atoms with van der Waals surface area (Å²) in [6.45, 7) is 0. The number of hydrogen-bond donors (Lipinski definition) is 1. The number of aldehydes is 1. The van der Waals surface area contributed by atoms with Gasteiger partial charge in [-0.2, -0.15) is 4.40 Å². The van der Waals surface area contributed by atoms with Crippen molar-refractivity contribution in [2.75, 3.05) is 0 Å². The zero-order valence-electron chi connectivity index (χ0n) is 12.8. The lowest BCUT2D eigenvalue weighted by molar-refractivity contribution is 0.112. The molecule has 0 atom stereocenters. The first-order chi connectivity index (χ1) is 12.2. The lowest BCUT2D eigenvalue weighted by atomic mass is 10.2. The number of nitrogens with two attached hydrogens (primary N) is 1. The van der Waals surface area contributed by atoms with Crippen molar-refractivity contribution >= 4 is 35.3 Å². The number of carbonyl (C=O) groups is 1. The summed E-state index contributed by atoms with van der Waals surface area (Å²) in [5.41, 5.74) is 7.29. The predicted octanol–water partition coefficient (Wildman–Crippen LogP) is 4.23. The standard InChI is InChI=1S/C17H12FN3O3S/c18-25-21-15(5-6-19)11-1-4-17(20-8-11)24-13-2-3-14-12(9-22)10-23-16(14)7-13/h1-10H,19H2/b6-5-,21-15-. The van der Waals surface area contributed by atoms with E-state index in [0.29, 0.717) is 39.4 Å². The van der Waals surface area contributed by atoms with E-state index in [9.17, 15) is 8.68 Å². The summed E-state index contributed by atoms with van der Waals surface area (Å²) in [6.07, 6.45) is 6.37. The van der Waals surface area contributed by atoms with Crippen LogP contribution in [0.1, 0.15) is 15.9 Å². The van der Waals surface area contributed by atoms with Gasteiger partial charge in [-0.3, -0.25) is 4.79 Å². The van der Waals surface area contributed by atoms with Crippen LogP contribution in [0.4, 0.5) is 3.89 Å². The normalized spacial score (nSPS) is 12.0. The third-order valence-corrected chi connectivity index (χ3v) is 3.61. The highest BCUT2D eigenvalue weighted by molar-refractivity contribution is 7.93. The second-order valence-electron chi connectivity index (χ2n) is 4.86. The fraction of sp³-hybridized carbons (Fsp3) is 0. The summed E-state index contributed by atoms with van der Waals surface area (Å²) in [5.74, 6) is 0.851. The highest BCUT2D eigenvalue weighted by Gasteiger charge is 2.08. The van der Waals surface area contributed by atoms with Crippen LogP contribution in [0.25, 0.3) is 11.0 Å². The zero-order chi connectivity index (χ0) is 17.6. The molecular formula is C17H12FN3O3S. The molecule has 0 saturated carbocycles. The zero-order valence-corrected chi connectivity index (χ0v) is 13.6. The van der Waals surface area contributed by atoms with E-state index >= 15 is 0 Å². The molecule has 0 aliphatic heterocycles. The van der Waals surface area contributed by atoms with Crippen LogP contribution in [0.15, 0.2) is 63.9 Å². The number of aromatic nitrogens is 1. The lowest BCUT2D eigenvalue weighted by Gasteiger charge is -2.06. The average molecular weight is 357 g/mol. The Balaban J connectivity index is 1.81. The van der Waals surface area contributed by atoms with Gasteiger partial charge >= 0.3 is 0 Å². The van der Waals surface area contributed by atoms with Crippen molar-refractivity contribution in [1.82, 2.24) is 4.98 Å². The van der Waals surface area contributed by atoms with Gasteiger partial charge in [-0.1, -0.05) is 0 Å². The molecule has 2 N–H and O–H groups in total. The molecular weight excluding hydrogens is 345 g/mol. The largest absolute Gasteiger partial charge is 0.463 e. The van der Waals surface area contributed by atoms with Gasteiger partial charge in [-0.15, -0.1) is 3.89 Å². The maximum Gasteiger partial charge on any atom is 0.219 e. The number of allylic oxidation sites excluding steroid dienone is 1. The van der Waals surface area contributed by atoms with Gasteiger partial charge in [-0.05, 0) is 30.5 Å². The van der Waals surface area contributed by atoms with Crippen molar-refractivity contribution in [1.29, 1.82) is 0 Å². The number of furan rings is 1. The van der Waals surface area contributed by atoms with Gasteiger partial charge in [0.25, 0.3) is 0 Å². The molecule has 0 bridgehead atoms. The summed E-state index contributed by atoms with van der Waals surface area (Å²) in [6, 6.07) is 8.43. The molecule has 0 radical (unpaired) electrons. The van der Waals surface area contributed by atoms with Crippen molar-refractivity contribution < 1.29 is 17.8 Å². The number of rotatable bonds is 6. The van der Waals surface area contributed by atoms with E-state index in [1.807, 2.05) is 0 Å². The fourth-order valence-corrected chi connectivity index (χ4v) is 2.45. The van der Waals surface area contributed by atoms with Gasteiger partial charge < -0.3 is 14.9 Å². The Morgan fingerprint density at radius 1 is 1.36 bits per heavy atom. The summed E-state index contributed by atoms with van der Waals surface area (Å²) < 4.78 is 27.0. The van der Waals surface area contributed by atoms with Crippen LogP contribution in [-0.2, 0) is 0 Å². The Bertz CT molecular complexity index is 951. The van der Waals surface area contributed by atoms with Gasteiger partial charge in [-0.25, -0.2) is 4.98 Å².